The van der Waals surface area contributed by atoms with E-state index < -0.39 is 35.8 Å². The Labute approximate surface area is 782 Å². The number of unbranched alkanes of at least 4 members (excludes halogenated alkanes) is 84. The van der Waals surface area contributed by atoms with Crippen LogP contribution in [0, 0.1) is 0 Å². The summed E-state index contributed by atoms with van der Waals surface area (Å²) in [6.07, 6.45) is 119. The van der Waals surface area contributed by atoms with Crippen molar-refractivity contribution in [1.82, 2.24) is 0 Å². The molecule has 0 aliphatic heterocycles. The Balaban J connectivity index is -0.000000212. The summed E-state index contributed by atoms with van der Waals surface area (Å²) in [5, 5.41) is 61.3. The van der Waals surface area contributed by atoms with Crippen LogP contribution in [-0.4, -0.2) is 70.4 Å². The Morgan fingerprint density at radius 3 is 0.213 bits per heavy atom. The van der Waals surface area contributed by atoms with Gasteiger partial charge in [-0.25, -0.2) is 0 Å². The Morgan fingerprint density at radius 2 is 0.164 bits per heavy atom. The molecule has 122 heavy (non-hydrogen) atoms. The van der Waals surface area contributed by atoms with E-state index in [0.29, 0.717) is 0 Å². The Bertz CT molecular complexity index is 1570. The first-order valence-electron chi connectivity index (χ1n) is 53.8. The second kappa shape index (κ2) is 132. The van der Waals surface area contributed by atoms with Gasteiger partial charge in [0.25, 0.3) is 0 Å². The zero-order chi connectivity index (χ0) is 89.3. The zero-order valence-corrected chi connectivity index (χ0v) is 86.3. The van der Waals surface area contributed by atoms with E-state index in [4.69, 9.17) is 0 Å². The van der Waals surface area contributed by atoms with Gasteiger partial charge < -0.3 is 59.4 Å². The van der Waals surface area contributed by atoms with Crippen molar-refractivity contribution in [3.63, 3.8) is 0 Å². The topological polar surface area (TPSA) is 241 Å². The molecule has 0 aliphatic carbocycles. The maximum absolute atomic E-state index is 10.2. The van der Waals surface area contributed by atoms with Gasteiger partial charge in [-0.3, -0.25) is 0 Å². The first-order valence-corrected chi connectivity index (χ1v) is 53.8. The molecule has 14 heteroatoms. The molecule has 0 aliphatic rings. The summed E-state index contributed by atoms with van der Waals surface area (Å²) in [5.74, 6) is -5.42. The maximum atomic E-state index is 10.2. The third kappa shape index (κ3) is 161. The van der Waals surface area contributed by atoms with Crippen molar-refractivity contribution in [2.45, 2.75) is 658 Å². The SMILES string of the molecule is CCCCCCCCCCCCCCCCCC(=O)[O-].CCCCCCCCCCCCCCCCCC(=O)[O-].CCCCCCCCCCCCCCCCCC(=O)[O-].CCCCCCCCCCCCCCCCCC(=O)[O-].CCCCCCCCCCCCCCCCCC(=O)[O-].CCCCCCCCCCCCCCCCCC(=O)[O-].[B+3].[Bi+3]. The predicted molar refractivity (Wildman–Crippen MR) is 519 cm³/mol. The molecule has 0 atom stereocenters. The molecule has 722 valence electrons. The van der Waals surface area contributed by atoms with Crippen LogP contribution >= 0.6 is 0 Å². The molecule has 0 rings (SSSR count). The van der Waals surface area contributed by atoms with E-state index in [1.807, 2.05) is 0 Å². The van der Waals surface area contributed by atoms with Gasteiger partial charge in [-0.2, -0.15) is 0 Å². The molecule has 0 aromatic carbocycles. The van der Waals surface area contributed by atoms with Crippen LogP contribution in [0.3, 0.4) is 0 Å². The Hall–Kier alpha value is -2.23. The van der Waals surface area contributed by atoms with E-state index in [0.717, 1.165) is 77.0 Å². The van der Waals surface area contributed by atoms with Gasteiger partial charge in [-0.1, -0.05) is 581 Å². The minimum atomic E-state index is -0.903. The summed E-state index contributed by atoms with van der Waals surface area (Å²) < 4.78 is 0. The van der Waals surface area contributed by atoms with Crippen LogP contribution in [0.4, 0.5) is 0 Å². The monoisotopic (exact) mass is 1920 g/mol. The standard InChI is InChI=1S/6C18H36O2.B.Bi/c6*1-2-3-4-5-6-7-8-9-10-11-12-13-14-15-16-17-18(19)20;;/h6*2-17H2,1H3,(H,19,20);;/q;;;;;;2*+3/p-6. The second-order valence-electron chi connectivity index (χ2n) is 36.4. The summed E-state index contributed by atoms with van der Waals surface area (Å²) in [6, 6.07) is 0. The molecular formula is C108H210BBiO12. The van der Waals surface area contributed by atoms with Crippen molar-refractivity contribution in [3.05, 3.63) is 0 Å². The summed E-state index contributed by atoms with van der Waals surface area (Å²) in [5.41, 5.74) is 0. The average Bonchev–Trinajstić information content (AvgIpc) is 1.20. The van der Waals surface area contributed by atoms with E-state index in [9.17, 15) is 59.4 Å². The molecule has 0 aromatic heterocycles. The van der Waals surface area contributed by atoms with Crippen LogP contribution in [0.15, 0.2) is 0 Å². The first-order chi connectivity index (χ1) is 58.6. The normalized spacial score (nSPS) is 10.7. The molecule has 0 N–H and O–H groups in total. The average molecular weight is 1920 g/mol. The molecule has 0 spiro atoms. The number of carbonyl (C=O) groups is 6. The fraction of sp³-hybridized carbons (Fsp3) is 0.944. The fourth-order valence-corrected chi connectivity index (χ4v) is 15.8. The number of carboxylic acids is 6. The largest absolute Gasteiger partial charge is 3.00 e. The molecule has 0 bridgehead atoms. The smallest absolute Gasteiger partial charge is 0.550 e. The van der Waals surface area contributed by atoms with Crippen LogP contribution in [-0.2, 0) is 28.8 Å². The third-order valence-corrected chi connectivity index (χ3v) is 23.9. The van der Waals surface area contributed by atoms with E-state index in [-0.39, 0.29) is 73.1 Å². The van der Waals surface area contributed by atoms with E-state index >= 15 is 0 Å². The molecule has 0 amide bonds. The summed E-state index contributed by atoms with van der Waals surface area (Å²) in [4.78, 5) is 61.3. The number of rotatable bonds is 96. The van der Waals surface area contributed by atoms with Crippen molar-refractivity contribution in [2.24, 2.45) is 0 Å². The number of carboxylic acid groups (broad SMARTS) is 6. The quantitative estimate of drug-likeness (QED) is 0.0408. The number of aliphatic carboxylic acids is 6. The van der Waals surface area contributed by atoms with Gasteiger partial charge in [0.1, 0.15) is 0 Å². The first kappa shape index (κ1) is 135. The van der Waals surface area contributed by atoms with Gasteiger partial charge in [0.15, 0.2) is 0 Å². The van der Waals surface area contributed by atoms with Gasteiger partial charge in [0.05, 0.1) is 0 Å². The molecule has 12 nitrogen and oxygen atoms in total. The van der Waals surface area contributed by atoms with Gasteiger partial charge in [-0.15, -0.1) is 0 Å². The maximum Gasteiger partial charge on any atom is 3.00 e. The minimum absolute atomic E-state index is 0. The van der Waals surface area contributed by atoms with Gasteiger partial charge >= 0.3 is 34.6 Å². The van der Waals surface area contributed by atoms with Gasteiger partial charge in [-0.05, 0) is 77.0 Å². The molecule has 0 unspecified atom stereocenters. The molecular weight excluding hydrogens is 1710 g/mol. The molecule has 0 heterocycles. The van der Waals surface area contributed by atoms with Crippen LogP contribution < -0.4 is 30.6 Å². The summed E-state index contributed by atoms with van der Waals surface area (Å²) in [6.45, 7) is 13.6. The number of hydrogen-bond donors (Lipinski definition) is 0. The van der Waals surface area contributed by atoms with Crippen molar-refractivity contribution in [2.75, 3.05) is 0 Å². The summed E-state index contributed by atoms with van der Waals surface area (Å²) >= 11 is 0. The zero-order valence-electron chi connectivity index (χ0n) is 82.8. The van der Waals surface area contributed by atoms with Crippen LogP contribution in [0.5, 0.6) is 0 Å². The Morgan fingerprint density at radius 1 is 0.115 bits per heavy atom. The third-order valence-electron chi connectivity index (χ3n) is 23.9. The van der Waals surface area contributed by atoms with Crippen molar-refractivity contribution in [3.8, 4) is 0 Å². The molecule has 0 saturated carbocycles. The van der Waals surface area contributed by atoms with Crippen LogP contribution in [0.1, 0.15) is 658 Å². The minimum Gasteiger partial charge on any atom is -0.550 e. The van der Waals surface area contributed by atoms with Crippen LogP contribution in [0.25, 0.3) is 0 Å². The van der Waals surface area contributed by atoms with Gasteiger partial charge in [0.2, 0.25) is 0 Å². The number of hydrogen-bond acceptors (Lipinski definition) is 12. The van der Waals surface area contributed by atoms with Gasteiger partial charge in [0, 0.05) is 35.8 Å². The fourth-order valence-electron chi connectivity index (χ4n) is 15.8. The molecule has 0 fully saturated rings. The van der Waals surface area contributed by atoms with E-state index in [1.54, 1.807) is 0 Å². The van der Waals surface area contributed by atoms with Crippen molar-refractivity contribution >= 4 is 70.4 Å². The predicted octanol–water partition coefficient (Wildman–Crippen LogP) is 29.2. The molecule has 0 saturated heterocycles. The molecule has 0 aromatic rings. The molecule has 2 radical (unpaired) electrons. The number of carbonyl (C=O) groups excluding carboxylic acids is 6. The van der Waals surface area contributed by atoms with Crippen LogP contribution in [0.2, 0.25) is 0 Å². The Kier molecular flexibility index (Phi) is 146. The summed E-state index contributed by atoms with van der Waals surface area (Å²) in [7, 11) is 0. The second-order valence-corrected chi connectivity index (χ2v) is 36.4. The van der Waals surface area contributed by atoms with E-state index in [1.165, 1.54) is 501 Å². The van der Waals surface area contributed by atoms with E-state index in [2.05, 4.69) is 41.5 Å². The van der Waals surface area contributed by atoms with Crippen molar-refractivity contribution < 1.29 is 59.4 Å². The van der Waals surface area contributed by atoms with Crippen molar-refractivity contribution in [1.29, 1.82) is 0 Å².